The summed E-state index contributed by atoms with van der Waals surface area (Å²) < 4.78 is 10.6. The van der Waals surface area contributed by atoms with Crippen LogP contribution in [0.25, 0.3) is 0 Å². The maximum absolute atomic E-state index is 12.4. The molecule has 1 amide bonds. The first-order valence-electron chi connectivity index (χ1n) is 8.48. The molecule has 138 valence electrons. The van der Waals surface area contributed by atoms with Gasteiger partial charge in [-0.25, -0.2) is 4.99 Å². The lowest BCUT2D eigenvalue weighted by Gasteiger charge is -2.09. The molecule has 3 rings (SSSR count). The van der Waals surface area contributed by atoms with Gasteiger partial charge in [-0.2, -0.15) is 0 Å². The van der Waals surface area contributed by atoms with Crippen LogP contribution in [0.5, 0.6) is 11.5 Å². The van der Waals surface area contributed by atoms with Gasteiger partial charge in [-0.1, -0.05) is 42.5 Å². The van der Waals surface area contributed by atoms with Gasteiger partial charge in [0.1, 0.15) is 5.57 Å². The van der Waals surface area contributed by atoms with Gasteiger partial charge in [0.2, 0.25) is 5.78 Å². The number of rotatable bonds is 8. The Kier molecular flexibility index (Phi) is 5.66. The first kappa shape index (κ1) is 18.4. The normalized spacial score (nSPS) is 13.5. The topological polar surface area (TPSA) is 85.2 Å². The zero-order valence-electron chi connectivity index (χ0n) is 14.8. The van der Waals surface area contributed by atoms with Crippen LogP contribution < -0.4 is 9.47 Å². The number of hydrogen-bond acceptors (Lipinski definition) is 5. The number of allylic oxidation sites excluding steroid dienone is 1. The Balaban J connectivity index is 1.65. The van der Waals surface area contributed by atoms with Gasteiger partial charge in [-0.15, -0.1) is 0 Å². The molecule has 0 unspecified atom stereocenters. The third-order valence-electron chi connectivity index (χ3n) is 4.16. The molecule has 1 heterocycles. The van der Waals surface area contributed by atoms with Gasteiger partial charge < -0.3 is 14.6 Å². The molecule has 0 saturated heterocycles. The van der Waals surface area contributed by atoms with E-state index in [1.54, 1.807) is 24.3 Å². The van der Waals surface area contributed by atoms with E-state index in [0.29, 0.717) is 24.3 Å². The highest BCUT2D eigenvalue weighted by atomic mass is 16.5. The number of para-hydroxylation sites is 2. The lowest BCUT2D eigenvalue weighted by molar-refractivity contribution is -0.122. The largest absolute Gasteiger partial charge is 0.505 e. The molecular weight excluding hydrogens is 346 g/mol. The van der Waals surface area contributed by atoms with Crippen LogP contribution in [0, 0.1) is 0 Å². The molecule has 0 aromatic heterocycles. The second-order valence-corrected chi connectivity index (χ2v) is 5.94. The maximum Gasteiger partial charge on any atom is 0.284 e. The number of carbonyl (C=O) groups is 2. The number of benzene rings is 2. The van der Waals surface area contributed by atoms with Gasteiger partial charge in [0.25, 0.3) is 5.91 Å². The number of aliphatic hydroxyl groups excluding tert-OH is 1. The number of methoxy groups -OCH3 is 1. The minimum atomic E-state index is -0.732. The van der Waals surface area contributed by atoms with Crippen molar-refractivity contribution in [3.05, 3.63) is 71.5 Å². The highest BCUT2D eigenvalue weighted by Gasteiger charge is 2.31. The van der Waals surface area contributed by atoms with Crippen molar-refractivity contribution < 1.29 is 24.2 Å². The molecule has 0 aliphatic carbocycles. The van der Waals surface area contributed by atoms with Crippen LogP contribution in [-0.2, 0) is 16.0 Å². The number of aliphatic hydroxyl groups is 1. The number of ketones is 1. The van der Waals surface area contributed by atoms with Crippen molar-refractivity contribution in [3.8, 4) is 11.5 Å². The van der Waals surface area contributed by atoms with Crippen LogP contribution >= 0.6 is 0 Å². The Labute approximate surface area is 156 Å². The van der Waals surface area contributed by atoms with Gasteiger partial charge in [0.15, 0.2) is 23.9 Å². The van der Waals surface area contributed by atoms with Crippen LogP contribution in [0.15, 0.2) is 70.9 Å². The second-order valence-electron chi connectivity index (χ2n) is 5.94. The summed E-state index contributed by atoms with van der Waals surface area (Å²) in [4.78, 5) is 28.3. The monoisotopic (exact) mass is 365 g/mol. The fourth-order valence-corrected chi connectivity index (χ4v) is 2.76. The van der Waals surface area contributed by atoms with E-state index in [-0.39, 0.29) is 17.0 Å². The van der Waals surface area contributed by atoms with Crippen molar-refractivity contribution in [3.63, 3.8) is 0 Å². The van der Waals surface area contributed by atoms with Crippen molar-refractivity contribution in [1.82, 2.24) is 0 Å². The van der Waals surface area contributed by atoms with Crippen LogP contribution in [-0.4, -0.2) is 36.2 Å². The third kappa shape index (κ3) is 4.23. The summed E-state index contributed by atoms with van der Waals surface area (Å²) >= 11 is 0. The smallest absolute Gasteiger partial charge is 0.284 e. The molecule has 0 atom stereocenters. The summed E-state index contributed by atoms with van der Waals surface area (Å²) in [5, 5.41) is 10.3. The average molecular weight is 365 g/mol. The lowest BCUT2D eigenvalue weighted by atomic mass is 10.0. The van der Waals surface area contributed by atoms with E-state index in [2.05, 4.69) is 4.99 Å². The fraction of sp³-hybridized carbons (Fsp3) is 0.190. The predicted octanol–water partition coefficient (Wildman–Crippen LogP) is 3.07. The van der Waals surface area contributed by atoms with Crippen LogP contribution in [0.3, 0.4) is 0 Å². The Morgan fingerprint density at radius 1 is 1.00 bits per heavy atom. The Morgan fingerprint density at radius 2 is 1.67 bits per heavy atom. The van der Waals surface area contributed by atoms with E-state index < -0.39 is 18.3 Å². The first-order valence-corrected chi connectivity index (χ1v) is 8.48. The molecule has 0 fully saturated rings. The molecular formula is C21H19NO5. The summed E-state index contributed by atoms with van der Waals surface area (Å²) in [7, 11) is 1.49. The second kappa shape index (κ2) is 8.31. The number of carbonyl (C=O) groups excluding carboxylic acids is 2. The van der Waals surface area contributed by atoms with Gasteiger partial charge in [-0.3, -0.25) is 9.59 Å². The predicted molar refractivity (Wildman–Crippen MR) is 100 cm³/mol. The number of ether oxygens (including phenoxy) is 2. The molecule has 0 bridgehead atoms. The minimum absolute atomic E-state index is 0.226. The van der Waals surface area contributed by atoms with Crippen molar-refractivity contribution in [2.75, 3.05) is 13.7 Å². The van der Waals surface area contributed by atoms with Crippen molar-refractivity contribution in [2.45, 2.75) is 12.8 Å². The van der Waals surface area contributed by atoms with Crippen molar-refractivity contribution in [2.24, 2.45) is 4.99 Å². The van der Waals surface area contributed by atoms with E-state index in [4.69, 9.17) is 9.47 Å². The van der Waals surface area contributed by atoms with E-state index in [1.165, 1.54) is 7.11 Å². The van der Waals surface area contributed by atoms with Gasteiger partial charge in [0.05, 0.1) is 12.8 Å². The summed E-state index contributed by atoms with van der Waals surface area (Å²) in [6.07, 6.45) is 0.974. The van der Waals surface area contributed by atoms with E-state index >= 15 is 0 Å². The van der Waals surface area contributed by atoms with Gasteiger partial charge >= 0.3 is 0 Å². The maximum atomic E-state index is 12.4. The van der Waals surface area contributed by atoms with Crippen molar-refractivity contribution >= 4 is 17.4 Å². The summed E-state index contributed by atoms with van der Waals surface area (Å²) in [5.41, 5.74) is 0.956. The van der Waals surface area contributed by atoms with E-state index in [0.717, 1.165) is 5.56 Å². The van der Waals surface area contributed by atoms with Gasteiger partial charge in [0, 0.05) is 0 Å². The summed E-state index contributed by atoms with van der Waals surface area (Å²) in [6.45, 7) is -0.396. The highest BCUT2D eigenvalue weighted by Crippen LogP contribution is 2.26. The van der Waals surface area contributed by atoms with E-state index in [9.17, 15) is 14.7 Å². The summed E-state index contributed by atoms with van der Waals surface area (Å²) in [6, 6.07) is 16.5. The molecule has 27 heavy (non-hydrogen) atoms. The Hall–Kier alpha value is -3.41. The highest BCUT2D eigenvalue weighted by molar-refractivity contribution is 6.31. The third-order valence-corrected chi connectivity index (χ3v) is 4.16. The average Bonchev–Trinajstić information content (AvgIpc) is 2.99. The number of aryl methyl sites for hydroxylation is 1. The first-order chi connectivity index (χ1) is 13.1. The zero-order chi connectivity index (χ0) is 19.2. The molecule has 1 aliphatic rings. The minimum Gasteiger partial charge on any atom is -0.505 e. The Morgan fingerprint density at radius 3 is 2.37 bits per heavy atom. The molecule has 6 heteroatoms. The number of aliphatic imine (C=N–C) groups is 1. The molecule has 2 aromatic carbocycles. The Bertz CT molecular complexity index is 915. The molecule has 6 nitrogen and oxygen atoms in total. The lowest BCUT2D eigenvalue weighted by Crippen LogP contribution is -2.19. The molecule has 0 spiro atoms. The number of Topliss-reactive ketones (excluding diaryl/α,β-unsaturated/α-hetero) is 1. The van der Waals surface area contributed by atoms with Crippen LogP contribution in [0.4, 0.5) is 0 Å². The number of hydrogen-bond donors (Lipinski definition) is 1. The van der Waals surface area contributed by atoms with Gasteiger partial charge in [-0.05, 0) is 30.5 Å². The number of amides is 1. The molecule has 0 radical (unpaired) electrons. The fourth-order valence-electron chi connectivity index (χ4n) is 2.76. The molecule has 1 aliphatic heterocycles. The summed E-state index contributed by atoms with van der Waals surface area (Å²) in [5.74, 6) is -0.860. The van der Waals surface area contributed by atoms with Crippen molar-refractivity contribution in [1.29, 1.82) is 0 Å². The number of nitrogens with zero attached hydrogens (tertiary/aromatic N) is 1. The SMILES string of the molecule is COc1ccccc1OCC(=O)C1=C(O)C(CCc2ccccc2)=NC1=O. The van der Waals surface area contributed by atoms with Crippen LogP contribution in [0.1, 0.15) is 12.0 Å². The molecule has 2 aromatic rings. The quantitative estimate of drug-likeness (QED) is 0.727. The molecule has 0 saturated carbocycles. The zero-order valence-corrected chi connectivity index (χ0v) is 14.8. The van der Waals surface area contributed by atoms with E-state index in [1.807, 2.05) is 30.3 Å². The van der Waals surface area contributed by atoms with Crippen LogP contribution in [0.2, 0.25) is 0 Å². The standard InChI is InChI=1S/C21H19NO5/c1-26-17-9-5-6-10-18(17)27-13-16(23)19-20(24)15(22-21(19)25)12-11-14-7-3-2-4-8-14/h2-10,24H,11-13H2,1H3. The molecule has 1 N–H and O–H groups in total.